The highest BCUT2D eigenvalue weighted by molar-refractivity contribution is 7.89. The van der Waals surface area contributed by atoms with Crippen LogP contribution in [0.15, 0.2) is 29.2 Å². The number of nitrogens with one attached hydrogen (secondary N) is 2. The number of Topliss-reactive ketones (excluding diaryl/α,β-unsaturated/α-hetero) is 1. The van der Waals surface area contributed by atoms with Crippen molar-refractivity contribution in [2.24, 2.45) is 0 Å². The third-order valence-corrected chi connectivity index (χ3v) is 5.92. The van der Waals surface area contributed by atoms with E-state index >= 15 is 0 Å². The third kappa shape index (κ3) is 6.44. The second-order valence-corrected chi connectivity index (χ2v) is 8.49. The molecular weight excluding hydrogens is 370 g/mol. The van der Waals surface area contributed by atoms with Crippen molar-refractivity contribution >= 4 is 27.6 Å². The van der Waals surface area contributed by atoms with Crippen LogP contribution in [0.25, 0.3) is 0 Å². The third-order valence-electron chi connectivity index (χ3n) is 4.11. The van der Waals surface area contributed by atoms with Gasteiger partial charge in [-0.05, 0) is 39.3 Å². The lowest BCUT2D eigenvalue weighted by molar-refractivity contribution is -0.128. The van der Waals surface area contributed by atoms with Crippen molar-refractivity contribution < 1.29 is 22.8 Å². The number of carbonyl (C=O) groups is 3. The summed E-state index contributed by atoms with van der Waals surface area (Å²) in [6, 6.07) is 4.69. The molecule has 0 bridgehead atoms. The number of nitrogens with zero attached hydrogens (tertiary/aromatic N) is 1. The summed E-state index contributed by atoms with van der Waals surface area (Å²) in [5, 5.41) is 5.23. The average molecular weight is 397 g/mol. The van der Waals surface area contributed by atoms with Gasteiger partial charge in [0, 0.05) is 18.7 Å². The molecule has 0 aliphatic rings. The van der Waals surface area contributed by atoms with Crippen LogP contribution in [0.3, 0.4) is 0 Å². The molecule has 0 spiro atoms. The van der Waals surface area contributed by atoms with E-state index < -0.39 is 28.5 Å². The van der Waals surface area contributed by atoms with Gasteiger partial charge in [0.25, 0.3) is 0 Å². The second-order valence-electron chi connectivity index (χ2n) is 6.45. The Morgan fingerprint density at radius 3 is 2.11 bits per heavy atom. The summed E-state index contributed by atoms with van der Waals surface area (Å²) in [6.45, 7) is 6.27. The molecule has 2 N–H and O–H groups in total. The molecule has 0 heterocycles. The first-order valence-electron chi connectivity index (χ1n) is 8.66. The van der Waals surface area contributed by atoms with Crippen molar-refractivity contribution in [2.75, 3.05) is 13.6 Å². The summed E-state index contributed by atoms with van der Waals surface area (Å²) in [4.78, 5) is 35.3. The Morgan fingerprint density at radius 1 is 1.07 bits per heavy atom. The van der Waals surface area contributed by atoms with E-state index in [9.17, 15) is 22.8 Å². The van der Waals surface area contributed by atoms with Crippen LogP contribution in [0.1, 0.15) is 44.5 Å². The first-order chi connectivity index (χ1) is 12.5. The molecule has 1 aromatic carbocycles. The Kier molecular flexibility index (Phi) is 8.11. The normalized spacial score (nSPS) is 13.7. The number of hydrogen-bond acceptors (Lipinski definition) is 5. The van der Waals surface area contributed by atoms with Gasteiger partial charge in [0.05, 0.1) is 11.4 Å². The standard InChI is InChI=1S/C18H27N3O5S/c1-6-12(2)19-18(24)13(3)20-17(23)11-21(5)27(25,26)16-9-7-15(8-10-16)14(4)22/h7-10,12-13H,6,11H2,1-5H3,(H,19,24)(H,20,23). The monoisotopic (exact) mass is 397 g/mol. The first kappa shape index (κ1) is 22.8. The molecule has 1 rings (SSSR count). The zero-order valence-corrected chi connectivity index (χ0v) is 17.1. The molecule has 150 valence electrons. The van der Waals surface area contributed by atoms with E-state index in [0.29, 0.717) is 5.56 Å². The van der Waals surface area contributed by atoms with Crippen LogP contribution in [0.5, 0.6) is 0 Å². The number of sulfonamides is 1. The highest BCUT2D eigenvalue weighted by Gasteiger charge is 2.24. The lowest BCUT2D eigenvalue weighted by Crippen LogP contribution is -2.49. The minimum absolute atomic E-state index is 0.0159. The molecule has 2 amide bonds. The molecule has 0 aliphatic heterocycles. The van der Waals surface area contributed by atoms with Gasteiger partial charge in [-0.2, -0.15) is 4.31 Å². The molecule has 0 fully saturated rings. The van der Waals surface area contributed by atoms with Gasteiger partial charge in [-0.15, -0.1) is 0 Å². The number of hydrogen-bond donors (Lipinski definition) is 2. The van der Waals surface area contributed by atoms with E-state index in [1.54, 1.807) is 0 Å². The number of amides is 2. The molecule has 8 nitrogen and oxygen atoms in total. The zero-order chi connectivity index (χ0) is 20.8. The van der Waals surface area contributed by atoms with Gasteiger partial charge in [0.2, 0.25) is 21.8 Å². The Labute approximate surface area is 160 Å². The summed E-state index contributed by atoms with van der Waals surface area (Å²) >= 11 is 0. The van der Waals surface area contributed by atoms with Gasteiger partial charge in [-0.1, -0.05) is 19.1 Å². The summed E-state index contributed by atoms with van der Waals surface area (Å²) in [5.74, 6) is -1.09. The fourth-order valence-electron chi connectivity index (χ4n) is 2.15. The van der Waals surface area contributed by atoms with E-state index in [1.165, 1.54) is 45.2 Å². The first-order valence-corrected chi connectivity index (χ1v) is 10.1. The molecule has 9 heteroatoms. The van der Waals surface area contributed by atoms with Crippen LogP contribution in [-0.2, 0) is 19.6 Å². The minimum Gasteiger partial charge on any atom is -0.352 e. The second kappa shape index (κ2) is 9.61. The molecule has 2 atom stereocenters. The largest absolute Gasteiger partial charge is 0.352 e. The Bertz CT molecular complexity index is 790. The maximum atomic E-state index is 12.5. The van der Waals surface area contributed by atoms with Crippen molar-refractivity contribution in [1.29, 1.82) is 0 Å². The Morgan fingerprint density at radius 2 is 1.63 bits per heavy atom. The van der Waals surface area contributed by atoms with Gasteiger partial charge < -0.3 is 10.6 Å². The molecule has 0 saturated carbocycles. The van der Waals surface area contributed by atoms with Gasteiger partial charge >= 0.3 is 0 Å². The van der Waals surface area contributed by atoms with Crippen molar-refractivity contribution in [3.8, 4) is 0 Å². The molecule has 0 radical (unpaired) electrons. The van der Waals surface area contributed by atoms with Gasteiger partial charge in [-0.3, -0.25) is 14.4 Å². The molecule has 2 unspecified atom stereocenters. The number of likely N-dealkylation sites (N-methyl/N-ethyl adjacent to an activating group) is 1. The van der Waals surface area contributed by atoms with Crippen LogP contribution < -0.4 is 10.6 Å². The van der Waals surface area contributed by atoms with Crippen LogP contribution in [0, 0.1) is 0 Å². The number of rotatable bonds is 9. The van der Waals surface area contributed by atoms with E-state index in [1.807, 2.05) is 13.8 Å². The highest BCUT2D eigenvalue weighted by atomic mass is 32.2. The molecule has 0 saturated heterocycles. The maximum absolute atomic E-state index is 12.5. The topological polar surface area (TPSA) is 113 Å². The number of benzene rings is 1. The van der Waals surface area contributed by atoms with Crippen LogP contribution in [0.4, 0.5) is 0 Å². The molecule has 0 aliphatic carbocycles. The fraction of sp³-hybridized carbons (Fsp3) is 0.500. The van der Waals surface area contributed by atoms with Crippen LogP contribution in [-0.4, -0.2) is 56.0 Å². The van der Waals surface area contributed by atoms with Crippen molar-refractivity contribution in [1.82, 2.24) is 14.9 Å². The minimum atomic E-state index is -3.89. The van der Waals surface area contributed by atoms with Gasteiger partial charge in [0.15, 0.2) is 5.78 Å². The molecule has 0 aromatic heterocycles. The van der Waals surface area contributed by atoms with Crippen molar-refractivity contribution in [3.05, 3.63) is 29.8 Å². The lowest BCUT2D eigenvalue weighted by Gasteiger charge is -2.20. The predicted molar refractivity (Wildman–Crippen MR) is 102 cm³/mol. The molecule has 27 heavy (non-hydrogen) atoms. The lowest BCUT2D eigenvalue weighted by atomic mass is 10.2. The quantitative estimate of drug-likeness (QED) is 0.602. The van der Waals surface area contributed by atoms with Crippen molar-refractivity contribution in [2.45, 2.75) is 51.1 Å². The molecular formula is C18H27N3O5S. The smallest absolute Gasteiger partial charge is 0.243 e. The fourth-order valence-corrected chi connectivity index (χ4v) is 3.28. The van der Waals surface area contributed by atoms with Gasteiger partial charge in [-0.25, -0.2) is 8.42 Å². The summed E-state index contributed by atoms with van der Waals surface area (Å²) in [6.07, 6.45) is 0.760. The summed E-state index contributed by atoms with van der Waals surface area (Å²) in [7, 11) is -2.62. The summed E-state index contributed by atoms with van der Waals surface area (Å²) < 4.78 is 26.0. The number of ketones is 1. The molecule has 1 aromatic rings. The van der Waals surface area contributed by atoms with Crippen LogP contribution >= 0.6 is 0 Å². The van der Waals surface area contributed by atoms with Crippen LogP contribution in [0.2, 0.25) is 0 Å². The van der Waals surface area contributed by atoms with E-state index in [0.717, 1.165) is 10.7 Å². The Hall–Kier alpha value is -2.26. The maximum Gasteiger partial charge on any atom is 0.243 e. The number of carbonyl (C=O) groups excluding carboxylic acids is 3. The predicted octanol–water partition coefficient (Wildman–Crippen LogP) is 0.929. The van der Waals surface area contributed by atoms with Crippen molar-refractivity contribution in [3.63, 3.8) is 0 Å². The van der Waals surface area contributed by atoms with E-state index in [4.69, 9.17) is 0 Å². The zero-order valence-electron chi connectivity index (χ0n) is 16.3. The van der Waals surface area contributed by atoms with E-state index in [2.05, 4.69) is 10.6 Å². The van der Waals surface area contributed by atoms with E-state index in [-0.39, 0.29) is 22.6 Å². The summed E-state index contributed by atoms with van der Waals surface area (Å²) in [5.41, 5.74) is 0.399. The highest BCUT2D eigenvalue weighted by Crippen LogP contribution is 2.15. The van der Waals surface area contributed by atoms with Gasteiger partial charge in [0.1, 0.15) is 6.04 Å². The SMILES string of the molecule is CCC(C)NC(=O)C(C)NC(=O)CN(C)S(=O)(=O)c1ccc(C(C)=O)cc1. The Balaban J connectivity index is 2.73. The average Bonchev–Trinajstić information content (AvgIpc) is 2.61.